The van der Waals surface area contributed by atoms with Gasteiger partial charge in [0.1, 0.15) is 4.47 Å². The first-order valence-corrected chi connectivity index (χ1v) is 8.38. The van der Waals surface area contributed by atoms with E-state index in [0.717, 1.165) is 6.42 Å². The topological polar surface area (TPSA) is 56.1 Å². The average molecular weight is 372 g/mol. The van der Waals surface area contributed by atoms with Crippen molar-refractivity contribution in [3.8, 4) is 0 Å². The van der Waals surface area contributed by atoms with Gasteiger partial charge in [-0.05, 0) is 39.4 Å². The molecular formula is C14H18BrN3O2S. The van der Waals surface area contributed by atoms with Crippen molar-refractivity contribution in [3.05, 3.63) is 42.9 Å². The highest BCUT2D eigenvalue weighted by molar-refractivity contribution is 9.10. The Kier molecular flexibility index (Phi) is 5.96. The van der Waals surface area contributed by atoms with Gasteiger partial charge in [0.15, 0.2) is 0 Å². The van der Waals surface area contributed by atoms with Crippen LogP contribution in [-0.2, 0) is 24.2 Å². The van der Waals surface area contributed by atoms with Gasteiger partial charge < -0.3 is 10.1 Å². The number of halogens is 1. The van der Waals surface area contributed by atoms with E-state index >= 15 is 0 Å². The van der Waals surface area contributed by atoms with Crippen molar-refractivity contribution in [2.45, 2.75) is 26.4 Å². The third-order valence-corrected chi connectivity index (χ3v) is 4.88. The fraction of sp³-hybridized carbons (Fsp3) is 0.429. The van der Waals surface area contributed by atoms with E-state index in [4.69, 9.17) is 4.74 Å². The van der Waals surface area contributed by atoms with E-state index in [2.05, 4.69) is 44.7 Å². The van der Waals surface area contributed by atoms with Gasteiger partial charge >= 0.3 is 0 Å². The molecule has 7 heteroatoms. The van der Waals surface area contributed by atoms with Gasteiger partial charge in [0, 0.05) is 18.5 Å². The number of ether oxygens (including phenoxy) is 1. The van der Waals surface area contributed by atoms with Crippen LogP contribution in [0.1, 0.15) is 17.4 Å². The van der Waals surface area contributed by atoms with E-state index in [-0.39, 0.29) is 5.56 Å². The summed E-state index contributed by atoms with van der Waals surface area (Å²) >= 11 is 5.07. The number of nitrogens with one attached hydrogen (secondary N) is 1. The molecule has 5 nitrogen and oxygen atoms in total. The molecule has 0 atom stereocenters. The maximum Gasteiger partial charge on any atom is 0.283 e. The van der Waals surface area contributed by atoms with Crippen molar-refractivity contribution in [3.63, 3.8) is 0 Å². The van der Waals surface area contributed by atoms with Crippen LogP contribution in [0.25, 0.3) is 0 Å². The second kappa shape index (κ2) is 7.72. The summed E-state index contributed by atoms with van der Waals surface area (Å²) in [6.07, 6.45) is 2.68. The third-order valence-electron chi connectivity index (χ3n) is 3.15. The number of methoxy groups -OCH3 is 1. The van der Waals surface area contributed by atoms with Gasteiger partial charge in [-0.25, -0.2) is 4.68 Å². The highest BCUT2D eigenvalue weighted by Gasteiger charge is 2.09. The van der Waals surface area contributed by atoms with Crippen LogP contribution in [0.15, 0.2) is 26.9 Å². The first-order chi connectivity index (χ1) is 10.2. The zero-order valence-electron chi connectivity index (χ0n) is 12.1. The van der Waals surface area contributed by atoms with Gasteiger partial charge in [-0.3, -0.25) is 4.79 Å². The summed E-state index contributed by atoms with van der Waals surface area (Å²) in [6, 6.07) is 2.14. The van der Waals surface area contributed by atoms with E-state index in [1.807, 2.05) is 0 Å². The molecule has 2 aromatic heterocycles. The fourth-order valence-electron chi connectivity index (χ4n) is 1.94. The zero-order chi connectivity index (χ0) is 15.2. The van der Waals surface area contributed by atoms with Crippen molar-refractivity contribution in [1.82, 2.24) is 9.78 Å². The van der Waals surface area contributed by atoms with Gasteiger partial charge in [-0.15, -0.1) is 11.3 Å². The normalized spacial score (nSPS) is 10.8. The van der Waals surface area contributed by atoms with E-state index in [1.54, 1.807) is 24.6 Å². The van der Waals surface area contributed by atoms with Gasteiger partial charge in [-0.1, -0.05) is 6.92 Å². The highest BCUT2D eigenvalue weighted by Crippen LogP contribution is 2.21. The predicted molar refractivity (Wildman–Crippen MR) is 89.1 cm³/mol. The Bertz CT molecular complexity index is 654. The standard InChI is InChI=1S/C14H18BrN3O2S/c1-3-10-4-7-21-12(10)9-16-11-8-17-18(5-6-20-2)14(19)13(11)15/h4,7-8,16H,3,5-6,9H2,1-2H3. The molecule has 0 fully saturated rings. The maximum absolute atomic E-state index is 12.1. The van der Waals surface area contributed by atoms with Crippen LogP contribution in [0.3, 0.4) is 0 Å². The lowest BCUT2D eigenvalue weighted by Gasteiger charge is -2.10. The van der Waals surface area contributed by atoms with Gasteiger partial charge in [0.2, 0.25) is 0 Å². The average Bonchev–Trinajstić information content (AvgIpc) is 2.95. The summed E-state index contributed by atoms with van der Waals surface area (Å²) in [5.41, 5.74) is 1.90. The van der Waals surface area contributed by atoms with Gasteiger partial charge in [0.05, 0.1) is 25.0 Å². The molecule has 0 aliphatic carbocycles. The van der Waals surface area contributed by atoms with Crippen LogP contribution >= 0.6 is 27.3 Å². The molecule has 0 amide bonds. The summed E-state index contributed by atoms with van der Waals surface area (Å²) in [5, 5.41) is 9.51. The molecule has 0 radical (unpaired) electrons. The summed E-state index contributed by atoms with van der Waals surface area (Å²) < 4.78 is 6.86. The monoisotopic (exact) mass is 371 g/mol. The molecule has 0 saturated heterocycles. The zero-order valence-corrected chi connectivity index (χ0v) is 14.5. The van der Waals surface area contributed by atoms with E-state index in [1.165, 1.54) is 15.1 Å². The summed E-state index contributed by atoms with van der Waals surface area (Å²) in [4.78, 5) is 13.4. The Morgan fingerprint density at radius 2 is 2.33 bits per heavy atom. The molecule has 114 valence electrons. The molecule has 0 aromatic carbocycles. The van der Waals surface area contributed by atoms with Crippen LogP contribution in [-0.4, -0.2) is 23.5 Å². The van der Waals surface area contributed by atoms with Gasteiger partial charge in [-0.2, -0.15) is 5.10 Å². The van der Waals surface area contributed by atoms with Crippen molar-refractivity contribution in [2.24, 2.45) is 0 Å². The van der Waals surface area contributed by atoms with Gasteiger partial charge in [0.25, 0.3) is 5.56 Å². The van der Waals surface area contributed by atoms with Crippen molar-refractivity contribution in [1.29, 1.82) is 0 Å². The molecule has 0 saturated carbocycles. The summed E-state index contributed by atoms with van der Waals surface area (Å²) in [6.45, 7) is 3.74. The lowest BCUT2D eigenvalue weighted by Crippen LogP contribution is -2.26. The van der Waals surface area contributed by atoms with E-state index in [9.17, 15) is 4.79 Å². The van der Waals surface area contributed by atoms with Crippen LogP contribution in [0.2, 0.25) is 0 Å². The SMILES string of the molecule is CCc1ccsc1CNc1cnn(CCOC)c(=O)c1Br. The molecule has 0 bridgehead atoms. The minimum absolute atomic E-state index is 0.154. The number of nitrogens with zero attached hydrogens (tertiary/aromatic N) is 2. The van der Waals surface area contributed by atoms with Crippen LogP contribution in [0.5, 0.6) is 0 Å². The number of thiophene rings is 1. The Hall–Kier alpha value is -1.18. The molecule has 2 heterocycles. The Balaban J connectivity index is 2.11. The predicted octanol–water partition coefficient (Wildman–Crippen LogP) is 2.89. The third kappa shape index (κ3) is 3.93. The molecule has 0 unspecified atom stereocenters. The number of hydrogen-bond donors (Lipinski definition) is 1. The van der Waals surface area contributed by atoms with Crippen LogP contribution < -0.4 is 10.9 Å². The molecule has 1 N–H and O–H groups in total. The minimum atomic E-state index is -0.154. The second-order valence-electron chi connectivity index (χ2n) is 4.47. The van der Waals surface area contributed by atoms with Crippen molar-refractivity contribution < 1.29 is 4.74 Å². The molecule has 2 aromatic rings. The van der Waals surface area contributed by atoms with E-state index < -0.39 is 0 Å². The largest absolute Gasteiger partial charge is 0.383 e. The molecule has 21 heavy (non-hydrogen) atoms. The molecule has 2 rings (SSSR count). The first kappa shape index (κ1) is 16.2. The Labute approximate surface area is 136 Å². The Morgan fingerprint density at radius 1 is 1.52 bits per heavy atom. The maximum atomic E-state index is 12.1. The molecule has 0 spiro atoms. The summed E-state index contributed by atoms with van der Waals surface area (Å²) in [5.74, 6) is 0. The number of aromatic nitrogens is 2. The highest BCUT2D eigenvalue weighted by atomic mass is 79.9. The molecule has 0 aliphatic rings. The second-order valence-corrected chi connectivity index (χ2v) is 6.26. The number of hydrogen-bond acceptors (Lipinski definition) is 5. The molecular weight excluding hydrogens is 354 g/mol. The van der Waals surface area contributed by atoms with Crippen LogP contribution in [0, 0.1) is 0 Å². The summed E-state index contributed by atoms with van der Waals surface area (Å²) in [7, 11) is 1.60. The quantitative estimate of drug-likeness (QED) is 0.812. The first-order valence-electron chi connectivity index (χ1n) is 6.71. The van der Waals surface area contributed by atoms with E-state index in [0.29, 0.717) is 29.9 Å². The van der Waals surface area contributed by atoms with Crippen molar-refractivity contribution >= 4 is 33.0 Å². The Morgan fingerprint density at radius 3 is 3.05 bits per heavy atom. The lowest BCUT2D eigenvalue weighted by atomic mass is 10.2. The van der Waals surface area contributed by atoms with Crippen molar-refractivity contribution in [2.75, 3.05) is 19.0 Å². The smallest absolute Gasteiger partial charge is 0.283 e. The number of rotatable bonds is 7. The van der Waals surface area contributed by atoms with Crippen LogP contribution in [0.4, 0.5) is 5.69 Å². The lowest BCUT2D eigenvalue weighted by molar-refractivity contribution is 0.181. The molecule has 0 aliphatic heterocycles. The number of anilines is 1. The minimum Gasteiger partial charge on any atom is -0.383 e. The number of aryl methyl sites for hydroxylation is 1. The fourth-order valence-corrected chi connectivity index (χ4v) is 3.30.